The number of pyridine rings is 5. The van der Waals surface area contributed by atoms with Crippen molar-refractivity contribution in [1.29, 1.82) is 0 Å². The SMILES string of the molecule is Brc1ccc2sc3cccnc3c2c1.O=[N+]([O-])c1ccccc1-c1ccc2sc3cccnc3c2c1.[Ir].c1ccc2c(c1)[n-]c1c2ccc2sc3cccnc3c21.c1ccc2c(c1)[nH]c1c2ccc2sc3cccnc3c21.c1ccc2c(c1)sc1cccnc12. The molecule has 1 radical (unpaired) electrons. The van der Waals surface area contributed by atoms with E-state index >= 15 is 0 Å². The predicted octanol–water partition coefficient (Wildman–Crippen LogP) is 22.5. The third-order valence-electron chi connectivity index (χ3n) is 15.6. The standard InChI is InChI=1S/C17H10N2O2S.C17H10N2S.C17H9N2S.C11H6BrNS.C11H7NS.Ir/c20-19(21)14-5-2-1-4-12(14)11-7-8-15-13(10-11)17-16(22-15)6-3-9-18-17;2*1-2-5-12-10(4-1)11-7-8-13-15(16(11)19-12)17-14(20-13)6-3-9-18-17;12-7-3-4-9-8(6-7)11-10(14-9)2-1-5-13-11;1-2-5-9-8(4-1)11-10(13-9)6-3-7-12-11;/h1-10H;1-9,19H;1-9H;1-6H;1-7H;/q;;-1;;;. The van der Waals surface area contributed by atoms with E-state index in [1.54, 1.807) is 75.0 Å². The molecule has 433 valence electrons. The second-order valence-corrected chi connectivity index (χ2v) is 27.2. The zero-order valence-electron chi connectivity index (χ0n) is 46.9. The van der Waals surface area contributed by atoms with E-state index in [2.05, 4.69) is 179 Å². The van der Waals surface area contributed by atoms with Gasteiger partial charge in [-0.05, 0) is 138 Å². The minimum atomic E-state index is -0.344. The number of aromatic amines is 1. The molecule has 1 N–H and O–H groups in total. The van der Waals surface area contributed by atoms with Gasteiger partial charge in [0.05, 0.1) is 67.1 Å². The molecule has 20 aromatic rings. The first kappa shape index (κ1) is 57.2. The van der Waals surface area contributed by atoms with Gasteiger partial charge < -0.3 is 9.97 Å². The van der Waals surface area contributed by atoms with Crippen LogP contribution in [-0.2, 0) is 20.1 Å². The van der Waals surface area contributed by atoms with Crippen LogP contribution < -0.4 is 4.98 Å². The van der Waals surface area contributed by atoms with Gasteiger partial charge in [-0.25, -0.2) is 0 Å². The smallest absolute Gasteiger partial charge is 0.277 e. The van der Waals surface area contributed by atoms with E-state index in [9.17, 15) is 10.1 Å². The molecule has 0 amide bonds. The Labute approximate surface area is 553 Å². The number of H-pyrrole nitrogens is 1. The molecule has 12 heterocycles. The van der Waals surface area contributed by atoms with Gasteiger partial charge in [-0.1, -0.05) is 107 Å². The molecule has 0 bridgehead atoms. The van der Waals surface area contributed by atoms with E-state index in [-0.39, 0.29) is 30.7 Å². The molecule has 90 heavy (non-hydrogen) atoms. The summed E-state index contributed by atoms with van der Waals surface area (Å²) in [7, 11) is 0. The van der Waals surface area contributed by atoms with E-state index < -0.39 is 0 Å². The summed E-state index contributed by atoms with van der Waals surface area (Å²) in [5.41, 5.74) is 11.5. The van der Waals surface area contributed by atoms with Crippen molar-refractivity contribution < 1.29 is 25.0 Å². The second kappa shape index (κ2) is 24.3. The Bertz CT molecular complexity index is 5900. The van der Waals surface area contributed by atoms with Gasteiger partial charge in [0.25, 0.3) is 5.69 Å². The molecule has 0 saturated carbocycles. The first-order valence-corrected chi connectivity index (χ1v) is 33.2. The number of nitro groups is 1. The van der Waals surface area contributed by atoms with E-state index in [0.29, 0.717) is 5.56 Å². The van der Waals surface area contributed by atoms with Crippen LogP contribution >= 0.6 is 72.6 Å². The third kappa shape index (κ3) is 10.4. The molecule has 0 spiro atoms. The summed E-state index contributed by atoms with van der Waals surface area (Å²) in [6, 6.07) is 73.4. The van der Waals surface area contributed by atoms with Crippen LogP contribution in [0.5, 0.6) is 0 Å². The van der Waals surface area contributed by atoms with Gasteiger partial charge in [-0.15, -0.1) is 67.7 Å². The monoisotopic (exact) mass is 1490 g/mol. The minimum absolute atomic E-state index is 0. The molecule has 8 aromatic carbocycles. The Morgan fingerprint density at radius 2 is 0.844 bits per heavy atom. The topological polar surface area (TPSA) is 137 Å². The van der Waals surface area contributed by atoms with Crippen molar-refractivity contribution in [3.63, 3.8) is 0 Å². The molecule has 0 aliphatic heterocycles. The van der Waals surface area contributed by atoms with Gasteiger partial charge in [0, 0.05) is 128 Å². The van der Waals surface area contributed by atoms with Crippen molar-refractivity contribution in [2.75, 3.05) is 0 Å². The second-order valence-electron chi connectivity index (χ2n) is 20.9. The molecule has 20 rings (SSSR count). The number of aromatic nitrogens is 7. The van der Waals surface area contributed by atoms with Crippen LogP contribution in [0, 0.1) is 10.1 Å². The molecule has 0 saturated heterocycles. The van der Waals surface area contributed by atoms with Crippen LogP contribution in [0.2, 0.25) is 0 Å². The minimum Gasteiger partial charge on any atom is -0.656 e. The van der Waals surface area contributed by atoms with Crippen molar-refractivity contribution in [2.24, 2.45) is 0 Å². The van der Waals surface area contributed by atoms with Crippen LogP contribution in [0.4, 0.5) is 5.69 Å². The number of halogens is 1. The summed E-state index contributed by atoms with van der Waals surface area (Å²) in [5, 5.41) is 22.2. The average molecular weight is 1500 g/mol. The largest absolute Gasteiger partial charge is 0.656 e. The maximum absolute atomic E-state index is 11.2. The number of nitro benzene ring substituents is 1. The van der Waals surface area contributed by atoms with Crippen LogP contribution in [0.3, 0.4) is 0 Å². The normalized spacial score (nSPS) is 11.4. The van der Waals surface area contributed by atoms with Gasteiger partial charge in [0.15, 0.2) is 0 Å². The van der Waals surface area contributed by atoms with E-state index in [1.165, 1.54) is 97.8 Å². The molecule has 0 unspecified atom stereocenters. The number of thiophene rings is 5. The summed E-state index contributed by atoms with van der Waals surface area (Å²) in [4.78, 5) is 41.6. The summed E-state index contributed by atoms with van der Waals surface area (Å²) in [5.74, 6) is 0. The number of fused-ring (bicyclic) bond motifs is 23. The van der Waals surface area contributed by atoms with E-state index in [1.807, 2.05) is 91.5 Å². The van der Waals surface area contributed by atoms with Crippen molar-refractivity contribution in [2.45, 2.75) is 0 Å². The van der Waals surface area contributed by atoms with Crippen LogP contribution in [0.1, 0.15) is 0 Å². The van der Waals surface area contributed by atoms with Crippen molar-refractivity contribution >= 4 is 223 Å². The third-order valence-corrected chi connectivity index (χ3v) is 21.7. The number of nitrogens with one attached hydrogen (secondary N) is 1. The average Bonchev–Trinajstić information content (AvgIpc) is 1.67. The fraction of sp³-hybridized carbons (Fsp3) is 0. The van der Waals surface area contributed by atoms with Gasteiger partial charge in [0.2, 0.25) is 0 Å². The Hall–Kier alpha value is -9.26. The molecule has 12 aromatic heterocycles. The zero-order chi connectivity index (χ0) is 59.5. The number of para-hydroxylation sites is 3. The Kier molecular flexibility index (Phi) is 15.4. The van der Waals surface area contributed by atoms with Gasteiger partial charge in [-0.2, -0.15) is 0 Å². The van der Waals surface area contributed by atoms with Crippen molar-refractivity contribution in [1.82, 2.24) is 34.9 Å². The van der Waals surface area contributed by atoms with Crippen molar-refractivity contribution in [3.8, 4) is 11.1 Å². The summed E-state index contributed by atoms with van der Waals surface area (Å²) in [6.45, 7) is 0. The molecule has 0 fully saturated rings. The molecule has 0 atom stereocenters. The maximum Gasteiger partial charge on any atom is 0.277 e. The Balaban J connectivity index is 0.0000000948. The zero-order valence-corrected chi connectivity index (χ0v) is 54.9. The van der Waals surface area contributed by atoms with Gasteiger partial charge in [0.1, 0.15) is 0 Å². The molecule has 10 nitrogen and oxygen atoms in total. The fourth-order valence-corrected chi connectivity index (χ4v) is 17.3. The maximum atomic E-state index is 11.2. The number of hydrogen-bond donors (Lipinski definition) is 1. The predicted molar refractivity (Wildman–Crippen MR) is 383 cm³/mol. The Morgan fingerprint density at radius 1 is 0.389 bits per heavy atom. The molecule has 0 aliphatic carbocycles. The van der Waals surface area contributed by atoms with Crippen LogP contribution in [0.25, 0.3) is 156 Å². The van der Waals surface area contributed by atoms with E-state index in [0.717, 1.165) is 63.4 Å². The summed E-state index contributed by atoms with van der Waals surface area (Å²) < 4.78 is 13.5. The van der Waals surface area contributed by atoms with Crippen molar-refractivity contribution in [3.05, 3.63) is 264 Å². The summed E-state index contributed by atoms with van der Waals surface area (Å²) >= 11 is 12.3. The molecular formula is C73H42BrIrN8O2S5-. The van der Waals surface area contributed by atoms with Gasteiger partial charge >= 0.3 is 0 Å². The Morgan fingerprint density at radius 3 is 1.50 bits per heavy atom. The number of benzene rings is 8. The first-order chi connectivity index (χ1) is 43.9. The first-order valence-electron chi connectivity index (χ1n) is 28.3. The summed E-state index contributed by atoms with van der Waals surface area (Å²) in [6.07, 6.45) is 9.19. The number of rotatable bonds is 2. The fourth-order valence-electron chi connectivity index (χ4n) is 11.7. The van der Waals surface area contributed by atoms with Crippen LogP contribution in [0.15, 0.2) is 254 Å². The van der Waals surface area contributed by atoms with Gasteiger partial charge in [-0.3, -0.25) is 35.0 Å². The van der Waals surface area contributed by atoms with Crippen LogP contribution in [-0.4, -0.2) is 34.8 Å². The number of nitrogens with zero attached hydrogens (tertiary/aromatic N) is 7. The quantitative estimate of drug-likeness (QED) is 0.133. The molecule has 17 heteroatoms. The molecular weight excluding hydrogens is 1450 g/mol. The molecule has 0 aliphatic rings. The number of hydrogen-bond acceptors (Lipinski definition) is 12. The van der Waals surface area contributed by atoms with E-state index in [4.69, 9.17) is 4.98 Å².